The number of fused-ring (bicyclic) bond motifs is 2. The number of rotatable bonds is 9. The van der Waals surface area contributed by atoms with E-state index in [1.54, 1.807) is 0 Å². The normalized spacial score (nSPS) is 25.4. The highest BCUT2D eigenvalue weighted by Gasteiger charge is 2.61. The molecule has 2 N–H and O–H groups in total. The van der Waals surface area contributed by atoms with E-state index in [4.69, 9.17) is 24.2 Å². The Bertz CT molecular complexity index is 1770. The molecule has 4 saturated carbocycles. The third-order valence-corrected chi connectivity index (χ3v) is 22.6. The summed E-state index contributed by atoms with van der Waals surface area (Å²) in [4.78, 5) is 27.8. The molecule has 1 amide bonds. The molecular formula is C46H57NO5Si2. The van der Waals surface area contributed by atoms with E-state index in [0.717, 1.165) is 24.7 Å². The standard InChI is InChI=1S/C23H29NO2Si.C22H28OSi.CO2/c1-23(2,3)27(17-10-6-4-7-11-17,18-12-8-5-9-13-18)26-16-14-19-20(15-16)21(19)22(24)25;1-22(2,3)24(20-10-6-4-7-11-20,21-12-8-5-9-13-21)23-19-15-17-14-18(17)16-19;2-1-3/h4-13,16,19-21H,14-15H2,1-3H3,(H2,24,25);4-13,17-19H,14-16H2,1-3H3;/t16?,19-,20+,21?;17-,18+,19?;. The van der Waals surface area contributed by atoms with E-state index in [9.17, 15) is 4.79 Å². The second-order valence-electron chi connectivity index (χ2n) is 17.8. The Balaban J connectivity index is 0.000000173. The van der Waals surface area contributed by atoms with Gasteiger partial charge in [-0.3, -0.25) is 4.79 Å². The van der Waals surface area contributed by atoms with Gasteiger partial charge in [0.2, 0.25) is 5.91 Å². The fourth-order valence-corrected chi connectivity index (χ4v) is 19.4. The first-order chi connectivity index (χ1) is 25.8. The summed E-state index contributed by atoms with van der Waals surface area (Å²) in [6.07, 6.45) is 6.82. The quantitative estimate of drug-likeness (QED) is 0.189. The van der Waals surface area contributed by atoms with Crippen LogP contribution in [-0.2, 0) is 23.2 Å². The number of carbonyl (C=O) groups is 1. The molecule has 4 aliphatic rings. The van der Waals surface area contributed by atoms with Crippen molar-refractivity contribution < 1.29 is 23.2 Å². The zero-order valence-corrected chi connectivity index (χ0v) is 34.7. The summed E-state index contributed by atoms with van der Waals surface area (Å²) >= 11 is 0. The average Bonchev–Trinajstić information content (AvgIpc) is 3.95. The predicted octanol–water partition coefficient (Wildman–Crippen LogP) is 6.85. The Morgan fingerprint density at radius 3 is 1.07 bits per heavy atom. The smallest absolute Gasteiger partial charge is 0.373 e. The van der Waals surface area contributed by atoms with Gasteiger partial charge in [0.25, 0.3) is 16.6 Å². The second kappa shape index (κ2) is 16.1. The van der Waals surface area contributed by atoms with Crippen LogP contribution in [0.15, 0.2) is 121 Å². The lowest BCUT2D eigenvalue weighted by molar-refractivity contribution is -0.191. The fraction of sp³-hybridized carbons (Fsp3) is 0.435. The molecule has 0 aliphatic heterocycles. The minimum Gasteiger partial charge on any atom is -0.404 e. The van der Waals surface area contributed by atoms with Crippen molar-refractivity contribution in [1.29, 1.82) is 0 Å². The largest absolute Gasteiger partial charge is 0.404 e. The van der Waals surface area contributed by atoms with Gasteiger partial charge in [0.15, 0.2) is 0 Å². The van der Waals surface area contributed by atoms with Crippen LogP contribution in [0, 0.1) is 29.6 Å². The van der Waals surface area contributed by atoms with Gasteiger partial charge in [0, 0.05) is 18.1 Å². The van der Waals surface area contributed by atoms with E-state index in [1.807, 2.05) is 0 Å². The van der Waals surface area contributed by atoms with Crippen LogP contribution >= 0.6 is 0 Å². The summed E-state index contributed by atoms with van der Waals surface area (Å²) in [5.41, 5.74) is 5.54. The molecule has 4 aromatic carbocycles. The molecule has 0 saturated heterocycles. The number of primary amides is 1. The average molecular weight is 760 g/mol. The summed E-state index contributed by atoms with van der Waals surface area (Å²) < 4.78 is 14.3. The molecule has 0 heterocycles. The van der Waals surface area contributed by atoms with Gasteiger partial charge in [-0.25, -0.2) is 0 Å². The maximum atomic E-state index is 11.6. The minimum absolute atomic E-state index is 0.00836. The Labute approximate surface area is 324 Å². The molecule has 8 rings (SSSR count). The van der Waals surface area contributed by atoms with Gasteiger partial charge in [0.1, 0.15) is 0 Å². The summed E-state index contributed by atoms with van der Waals surface area (Å²) in [5.74, 6) is 2.73. The van der Waals surface area contributed by atoms with Crippen molar-refractivity contribution >= 4 is 49.4 Å². The van der Waals surface area contributed by atoms with E-state index in [-0.39, 0.29) is 34.2 Å². The van der Waals surface area contributed by atoms with Gasteiger partial charge in [-0.2, -0.15) is 9.59 Å². The molecule has 7 atom stereocenters. The number of hydrogen-bond acceptors (Lipinski definition) is 5. The first-order valence-electron chi connectivity index (χ1n) is 19.6. The number of nitrogens with two attached hydrogens (primary N) is 1. The number of carbonyl (C=O) groups excluding carboxylic acids is 3. The van der Waals surface area contributed by atoms with E-state index in [0.29, 0.717) is 17.9 Å². The van der Waals surface area contributed by atoms with Gasteiger partial charge in [0.05, 0.1) is 0 Å². The molecule has 3 unspecified atom stereocenters. The van der Waals surface area contributed by atoms with E-state index >= 15 is 0 Å². The van der Waals surface area contributed by atoms with Gasteiger partial charge in [-0.05, 0) is 86.6 Å². The van der Waals surface area contributed by atoms with Crippen molar-refractivity contribution in [2.45, 2.75) is 95.9 Å². The molecule has 4 aromatic rings. The van der Waals surface area contributed by atoms with Crippen LogP contribution in [0.5, 0.6) is 0 Å². The summed E-state index contributed by atoms with van der Waals surface area (Å²) in [7, 11) is -4.81. The SMILES string of the molecule is CC(C)(C)[Si](OC1C[C@@H]2C(C(N)=O)[C@@H]2C1)(c1ccccc1)c1ccccc1.CC(C)(C)[Si](OC1C[C@@H]2C[C@@H]2C1)(c1ccccc1)c1ccccc1.O=C=O. The Hall–Kier alpha value is -3.92. The van der Waals surface area contributed by atoms with Gasteiger partial charge < -0.3 is 14.6 Å². The molecule has 0 bridgehead atoms. The predicted molar refractivity (Wildman–Crippen MR) is 220 cm³/mol. The van der Waals surface area contributed by atoms with E-state index in [2.05, 4.69) is 163 Å². The maximum Gasteiger partial charge on any atom is 0.373 e. The highest BCUT2D eigenvalue weighted by molar-refractivity contribution is 7.00. The first-order valence-corrected chi connectivity index (χ1v) is 23.4. The molecule has 6 nitrogen and oxygen atoms in total. The molecular weight excluding hydrogens is 703 g/mol. The molecule has 284 valence electrons. The van der Waals surface area contributed by atoms with Crippen LogP contribution in [0.1, 0.15) is 73.6 Å². The molecule has 0 radical (unpaired) electrons. The zero-order valence-electron chi connectivity index (χ0n) is 32.7. The van der Waals surface area contributed by atoms with Crippen molar-refractivity contribution in [1.82, 2.24) is 0 Å². The third-order valence-electron chi connectivity index (χ3n) is 12.5. The van der Waals surface area contributed by atoms with Gasteiger partial charge in [-0.15, -0.1) is 0 Å². The lowest BCUT2D eigenvalue weighted by Gasteiger charge is -2.45. The molecule has 54 heavy (non-hydrogen) atoms. The van der Waals surface area contributed by atoms with Crippen LogP contribution < -0.4 is 26.5 Å². The fourth-order valence-electron chi connectivity index (χ4n) is 9.95. The lowest BCUT2D eigenvalue weighted by atomic mass is 10.1. The monoisotopic (exact) mass is 759 g/mol. The lowest BCUT2D eigenvalue weighted by Crippen LogP contribution is -2.67. The number of hydrogen-bond donors (Lipinski definition) is 1. The van der Waals surface area contributed by atoms with Gasteiger partial charge >= 0.3 is 6.15 Å². The third kappa shape index (κ3) is 7.91. The topological polar surface area (TPSA) is 95.7 Å². The second-order valence-corrected chi connectivity index (χ2v) is 26.3. The minimum atomic E-state index is -2.49. The van der Waals surface area contributed by atoms with Crippen molar-refractivity contribution in [3.63, 3.8) is 0 Å². The summed E-state index contributed by atoms with van der Waals surface area (Å²) in [6.45, 7) is 14.0. The van der Waals surface area contributed by atoms with Crippen molar-refractivity contribution in [2.75, 3.05) is 0 Å². The highest BCUT2D eigenvalue weighted by Crippen LogP contribution is 2.59. The van der Waals surface area contributed by atoms with Crippen molar-refractivity contribution in [2.24, 2.45) is 35.3 Å². The van der Waals surface area contributed by atoms with Crippen molar-refractivity contribution in [3.05, 3.63) is 121 Å². The Kier molecular flexibility index (Phi) is 11.8. The zero-order chi connectivity index (χ0) is 38.7. The molecule has 4 aliphatic carbocycles. The maximum absolute atomic E-state index is 11.6. The Morgan fingerprint density at radius 2 is 0.815 bits per heavy atom. The van der Waals surface area contributed by atoms with Crippen molar-refractivity contribution in [3.8, 4) is 0 Å². The molecule has 0 spiro atoms. The van der Waals surface area contributed by atoms with Crippen LogP contribution in [-0.4, -0.2) is 40.9 Å². The molecule has 8 heteroatoms. The summed E-state index contributed by atoms with van der Waals surface area (Å²) in [6, 6.07) is 43.6. The molecule has 4 fully saturated rings. The number of amides is 1. The van der Waals surface area contributed by atoms with Crippen LogP contribution in [0.25, 0.3) is 0 Å². The van der Waals surface area contributed by atoms with Gasteiger partial charge in [-0.1, -0.05) is 163 Å². The van der Waals surface area contributed by atoms with E-state index in [1.165, 1.54) is 40.0 Å². The van der Waals surface area contributed by atoms with Crippen LogP contribution in [0.3, 0.4) is 0 Å². The Morgan fingerprint density at radius 1 is 0.537 bits per heavy atom. The van der Waals surface area contributed by atoms with Crippen LogP contribution in [0.2, 0.25) is 10.1 Å². The number of benzene rings is 4. The highest BCUT2D eigenvalue weighted by atomic mass is 28.4. The summed E-state index contributed by atoms with van der Waals surface area (Å²) in [5, 5.41) is 5.54. The first kappa shape index (κ1) is 39.8. The van der Waals surface area contributed by atoms with Crippen LogP contribution in [0.4, 0.5) is 0 Å². The molecule has 0 aromatic heterocycles. The van der Waals surface area contributed by atoms with E-state index < -0.39 is 16.6 Å².